The summed E-state index contributed by atoms with van der Waals surface area (Å²) in [6, 6.07) is 14.2. The molecule has 2 nitrogen and oxygen atoms in total. The average Bonchev–Trinajstić information content (AvgIpc) is 3.01. The van der Waals surface area contributed by atoms with Gasteiger partial charge in [0.2, 0.25) is 0 Å². The number of hydrogen-bond acceptors (Lipinski definition) is 2. The predicted molar refractivity (Wildman–Crippen MR) is 88.9 cm³/mol. The van der Waals surface area contributed by atoms with E-state index in [0.29, 0.717) is 9.79 Å². The summed E-state index contributed by atoms with van der Waals surface area (Å²) in [5, 5.41) is 4.01. The van der Waals surface area contributed by atoms with Crippen LogP contribution in [0.3, 0.4) is 0 Å². The van der Waals surface area contributed by atoms with Crippen LogP contribution in [0.25, 0.3) is 26.8 Å². The first kappa shape index (κ1) is 12.1. The Morgan fingerprint density at radius 1 is 1.15 bits per heavy atom. The molecule has 98 valence electrons. The third-order valence-electron chi connectivity index (χ3n) is 3.35. The van der Waals surface area contributed by atoms with Crippen LogP contribution in [0.1, 0.15) is 0 Å². The second-order valence-corrected chi connectivity index (χ2v) is 6.29. The second kappa shape index (κ2) is 4.45. The number of aromatic amines is 1. The molecule has 2 aromatic carbocycles. The molecule has 0 saturated heterocycles. The number of para-hydroxylation sites is 1. The Balaban J connectivity index is 2.11. The zero-order valence-corrected chi connectivity index (χ0v) is 12.6. The summed E-state index contributed by atoms with van der Waals surface area (Å²) in [5.41, 5.74) is 2.90. The number of nitrogens with zero attached hydrogens (tertiary/aromatic N) is 1. The number of aromatic nitrogens is 2. The molecule has 5 heteroatoms. The minimum absolute atomic E-state index is 0.655. The van der Waals surface area contributed by atoms with Gasteiger partial charge in [-0.2, -0.15) is 0 Å². The van der Waals surface area contributed by atoms with Crippen LogP contribution in [0.2, 0.25) is 5.02 Å². The molecule has 0 saturated carbocycles. The summed E-state index contributed by atoms with van der Waals surface area (Å²) < 4.78 is 3.92. The molecule has 4 aromatic rings. The summed E-state index contributed by atoms with van der Waals surface area (Å²) in [6.07, 6.45) is 0. The number of fused-ring (bicyclic) bond motifs is 2. The Morgan fingerprint density at radius 3 is 2.95 bits per heavy atom. The zero-order chi connectivity index (χ0) is 13.7. The highest BCUT2D eigenvalue weighted by Crippen LogP contribution is 2.29. The van der Waals surface area contributed by atoms with Crippen molar-refractivity contribution < 1.29 is 0 Å². The highest BCUT2D eigenvalue weighted by atomic mass is 35.5. The molecule has 0 radical (unpaired) electrons. The number of halogens is 1. The summed E-state index contributed by atoms with van der Waals surface area (Å²) in [7, 11) is 0. The average molecular weight is 317 g/mol. The van der Waals surface area contributed by atoms with Gasteiger partial charge in [-0.25, -0.2) is 0 Å². The molecule has 4 rings (SSSR count). The maximum Gasteiger partial charge on any atom is 0.182 e. The molecule has 0 atom stereocenters. The lowest BCUT2D eigenvalue weighted by atomic mass is 10.2. The Hall–Kier alpha value is -1.62. The van der Waals surface area contributed by atoms with E-state index in [0.717, 1.165) is 16.7 Å². The minimum atomic E-state index is 0.655. The van der Waals surface area contributed by atoms with E-state index in [2.05, 4.69) is 34.6 Å². The van der Waals surface area contributed by atoms with E-state index in [1.165, 1.54) is 10.1 Å². The van der Waals surface area contributed by atoms with Crippen molar-refractivity contribution >= 4 is 56.3 Å². The van der Waals surface area contributed by atoms with Crippen LogP contribution in [0.15, 0.2) is 47.8 Å². The van der Waals surface area contributed by atoms with E-state index in [1.54, 1.807) is 11.3 Å². The largest absolute Gasteiger partial charge is 0.330 e. The minimum Gasteiger partial charge on any atom is -0.330 e. The highest BCUT2D eigenvalue weighted by molar-refractivity contribution is 7.71. The molecule has 2 heterocycles. The number of hydrogen-bond donors (Lipinski definition) is 1. The van der Waals surface area contributed by atoms with Crippen molar-refractivity contribution in [3.8, 4) is 5.69 Å². The summed E-state index contributed by atoms with van der Waals surface area (Å²) in [4.78, 5) is 3.20. The first-order chi connectivity index (χ1) is 9.74. The van der Waals surface area contributed by atoms with E-state index in [9.17, 15) is 0 Å². The van der Waals surface area contributed by atoms with Crippen molar-refractivity contribution in [1.29, 1.82) is 0 Å². The number of nitrogens with one attached hydrogen (secondary N) is 1. The quantitative estimate of drug-likeness (QED) is 0.456. The van der Waals surface area contributed by atoms with Gasteiger partial charge < -0.3 is 4.98 Å². The first-order valence-corrected chi connectivity index (χ1v) is 7.77. The van der Waals surface area contributed by atoms with Crippen molar-refractivity contribution in [1.82, 2.24) is 9.55 Å². The predicted octanol–water partition coefficient (Wildman–Crippen LogP) is 5.56. The van der Waals surface area contributed by atoms with Crippen molar-refractivity contribution in [3.63, 3.8) is 0 Å². The molecule has 0 aliphatic carbocycles. The van der Waals surface area contributed by atoms with Crippen LogP contribution in [-0.2, 0) is 0 Å². The van der Waals surface area contributed by atoms with Gasteiger partial charge >= 0.3 is 0 Å². The van der Waals surface area contributed by atoms with Crippen LogP contribution >= 0.6 is 35.2 Å². The summed E-state index contributed by atoms with van der Waals surface area (Å²) in [6.45, 7) is 0. The Bertz CT molecular complexity index is 994. The monoisotopic (exact) mass is 316 g/mol. The van der Waals surface area contributed by atoms with Gasteiger partial charge in [0.15, 0.2) is 4.77 Å². The fourth-order valence-corrected chi connectivity index (χ4v) is 3.79. The smallest absolute Gasteiger partial charge is 0.182 e. The molecule has 0 fully saturated rings. The topological polar surface area (TPSA) is 20.7 Å². The van der Waals surface area contributed by atoms with Gasteiger partial charge in [0.1, 0.15) is 0 Å². The van der Waals surface area contributed by atoms with E-state index in [4.69, 9.17) is 23.8 Å². The van der Waals surface area contributed by atoms with Crippen LogP contribution in [0.5, 0.6) is 0 Å². The van der Waals surface area contributed by atoms with E-state index >= 15 is 0 Å². The third-order valence-corrected chi connectivity index (χ3v) is 4.84. The van der Waals surface area contributed by atoms with E-state index in [-0.39, 0.29) is 0 Å². The Labute approximate surface area is 129 Å². The lowest BCUT2D eigenvalue weighted by Gasteiger charge is -2.06. The molecule has 0 bridgehead atoms. The van der Waals surface area contributed by atoms with Crippen molar-refractivity contribution in [3.05, 3.63) is 57.6 Å². The number of benzene rings is 2. The number of H-pyrrole nitrogens is 1. The van der Waals surface area contributed by atoms with Gasteiger partial charge in [-0.1, -0.05) is 17.7 Å². The summed E-state index contributed by atoms with van der Waals surface area (Å²) in [5.74, 6) is 0. The van der Waals surface area contributed by atoms with Gasteiger partial charge in [-0.15, -0.1) is 11.3 Å². The molecule has 2 aromatic heterocycles. The third kappa shape index (κ3) is 1.73. The van der Waals surface area contributed by atoms with Crippen LogP contribution in [-0.4, -0.2) is 9.55 Å². The Morgan fingerprint density at radius 2 is 2.05 bits per heavy atom. The molecule has 0 amide bonds. The SMILES string of the molecule is S=c1[nH]c2cccc(Cl)c2n1-c1ccc2sccc2c1. The Kier molecular flexibility index (Phi) is 2.70. The zero-order valence-electron chi connectivity index (χ0n) is 10.3. The van der Waals surface area contributed by atoms with Crippen LogP contribution in [0.4, 0.5) is 0 Å². The maximum absolute atomic E-state index is 6.34. The number of imidazole rings is 1. The first-order valence-electron chi connectivity index (χ1n) is 6.11. The molecule has 0 aliphatic heterocycles. The van der Waals surface area contributed by atoms with Crippen molar-refractivity contribution in [2.24, 2.45) is 0 Å². The molecule has 0 unspecified atom stereocenters. The number of thiophene rings is 1. The lowest BCUT2D eigenvalue weighted by molar-refractivity contribution is 1.07. The second-order valence-electron chi connectivity index (χ2n) is 4.54. The molecular formula is C15H9ClN2S2. The molecule has 0 spiro atoms. The van der Waals surface area contributed by atoms with Crippen molar-refractivity contribution in [2.45, 2.75) is 0 Å². The van der Waals surface area contributed by atoms with E-state index < -0.39 is 0 Å². The highest BCUT2D eigenvalue weighted by Gasteiger charge is 2.10. The maximum atomic E-state index is 6.34. The van der Waals surface area contributed by atoms with Crippen LogP contribution < -0.4 is 0 Å². The van der Waals surface area contributed by atoms with Gasteiger partial charge in [-0.05, 0) is 59.4 Å². The fourth-order valence-electron chi connectivity index (χ4n) is 2.46. The van der Waals surface area contributed by atoms with Gasteiger partial charge in [0.25, 0.3) is 0 Å². The molecule has 0 aliphatic rings. The lowest BCUT2D eigenvalue weighted by Crippen LogP contribution is -1.93. The molecule has 1 N–H and O–H groups in total. The molecule has 20 heavy (non-hydrogen) atoms. The normalized spacial score (nSPS) is 11.4. The molecular weight excluding hydrogens is 308 g/mol. The number of rotatable bonds is 1. The van der Waals surface area contributed by atoms with Gasteiger partial charge in [0, 0.05) is 10.4 Å². The summed E-state index contributed by atoms with van der Waals surface area (Å²) >= 11 is 13.5. The van der Waals surface area contributed by atoms with Crippen LogP contribution in [0, 0.1) is 4.77 Å². The van der Waals surface area contributed by atoms with E-state index in [1.807, 2.05) is 22.8 Å². The van der Waals surface area contributed by atoms with Gasteiger partial charge in [-0.3, -0.25) is 4.57 Å². The standard InChI is InChI=1S/C15H9ClN2S2/c16-11-2-1-3-12-14(11)18(15(19)17-12)10-4-5-13-9(8-10)6-7-20-13/h1-8H,(H,17,19). The fraction of sp³-hybridized carbons (Fsp3) is 0. The van der Waals surface area contributed by atoms with Crippen molar-refractivity contribution in [2.75, 3.05) is 0 Å². The van der Waals surface area contributed by atoms with Gasteiger partial charge in [0.05, 0.1) is 16.1 Å².